The van der Waals surface area contributed by atoms with E-state index in [9.17, 15) is 14.4 Å². The summed E-state index contributed by atoms with van der Waals surface area (Å²) < 4.78 is 4.69. The number of hydrogen-bond donors (Lipinski definition) is 0. The van der Waals surface area contributed by atoms with Gasteiger partial charge in [0.05, 0.1) is 18.6 Å². The Morgan fingerprint density at radius 1 is 1.11 bits per heavy atom. The van der Waals surface area contributed by atoms with Crippen molar-refractivity contribution in [1.29, 1.82) is 0 Å². The molecule has 2 aromatic rings. The van der Waals surface area contributed by atoms with E-state index in [1.807, 2.05) is 37.3 Å². The zero-order chi connectivity index (χ0) is 20.1. The van der Waals surface area contributed by atoms with Crippen LogP contribution in [0.25, 0.3) is 0 Å². The summed E-state index contributed by atoms with van der Waals surface area (Å²) in [5, 5.41) is 0. The van der Waals surface area contributed by atoms with Crippen LogP contribution in [0.1, 0.15) is 29.3 Å². The Labute approximate surface area is 164 Å². The first kappa shape index (κ1) is 19.6. The van der Waals surface area contributed by atoms with Crippen LogP contribution in [0.5, 0.6) is 0 Å². The summed E-state index contributed by atoms with van der Waals surface area (Å²) in [6.07, 6.45) is 0.197. The molecule has 2 aromatic carbocycles. The van der Waals surface area contributed by atoms with E-state index in [1.54, 1.807) is 34.1 Å². The first-order chi connectivity index (χ1) is 13.5. The van der Waals surface area contributed by atoms with Crippen LogP contribution >= 0.6 is 0 Å². The molecule has 0 radical (unpaired) electrons. The second kappa shape index (κ2) is 8.69. The Morgan fingerprint density at radius 2 is 1.79 bits per heavy atom. The van der Waals surface area contributed by atoms with Crippen LogP contribution < -0.4 is 4.90 Å². The monoisotopic (exact) mass is 380 g/mol. The molecule has 1 atom stereocenters. The summed E-state index contributed by atoms with van der Waals surface area (Å²) in [5.41, 5.74) is 2.17. The lowest BCUT2D eigenvalue weighted by Gasteiger charge is -2.24. The van der Waals surface area contributed by atoms with Gasteiger partial charge in [-0.25, -0.2) is 4.79 Å². The highest BCUT2D eigenvalue weighted by atomic mass is 16.5. The molecule has 1 aliphatic rings. The number of nitrogens with zero attached hydrogens (tertiary/aromatic N) is 2. The van der Waals surface area contributed by atoms with E-state index in [-0.39, 0.29) is 24.2 Å². The summed E-state index contributed by atoms with van der Waals surface area (Å²) in [4.78, 5) is 40.4. The van der Waals surface area contributed by atoms with Crippen LogP contribution in [-0.4, -0.2) is 42.9 Å². The minimum atomic E-state index is -0.424. The van der Waals surface area contributed by atoms with Crippen LogP contribution in [0.15, 0.2) is 54.6 Å². The van der Waals surface area contributed by atoms with Gasteiger partial charge in [0.2, 0.25) is 11.8 Å². The van der Waals surface area contributed by atoms with E-state index >= 15 is 0 Å². The van der Waals surface area contributed by atoms with Gasteiger partial charge in [-0.05, 0) is 36.8 Å². The number of ether oxygens (including phenoxy) is 1. The third kappa shape index (κ3) is 4.22. The molecule has 0 bridgehead atoms. The van der Waals surface area contributed by atoms with Gasteiger partial charge in [0.15, 0.2) is 0 Å². The zero-order valence-electron chi connectivity index (χ0n) is 16.1. The fraction of sp³-hybridized carbons (Fsp3) is 0.318. The Bertz CT molecular complexity index is 849. The smallest absolute Gasteiger partial charge is 0.337 e. The third-order valence-electron chi connectivity index (χ3n) is 4.98. The van der Waals surface area contributed by atoms with Crippen molar-refractivity contribution in [3.8, 4) is 0 Å². The summed E-state index contributed by atoms with van der Waals surface area (Å²) in [7, 11) is 1.32. The van der Waals surface area contributed by atoms with Gasteiger partial charge in [-0.2, -0.15) is 0 Å². The van der Waals surface area contributed by atoms with Crippen molar-refractivity contribution in [1.82, 2.24) is 4.90 Å². The molecule has 28 heavy (non-hydrogen) atoms. The summed E-state index contributed by atoms with van der Waals surface area (Å²) in [6.45, 7) is 3.42. The lowest BCUT2D eigenvalue weighted by Crippen LogP contribution is -2.37. The minimum absolute atomic E-state index is 0.00613. The molecule has 0 saturated carbocycles. The zero-order valence-corrected chi connectivity index (χ0v) is 16.1. The molecule has 1 fully saturated rings. The summed E-state index contributed by atoms with van der Waals surface area (Å²) in [6, 6.07) is 16.5. The van der Waals surface area contributed by atoms with Crippen molar-refractivity contribution in [2.45, 2.75) is 19.9 Å². The molecule has 3 rings (SSSR count). The number of anilines is 1. The van der Waals surface area contributed by atoms with Crippen LogP contribution in [0, 0.1) is 5.92 Å². The first-order valence-corrected chi connectivity index (χ1v) is 9.35. The summed E-state index contributed by atoms with van der Waals surface area (Å²) >= 11 is 0. The highest BCUT2D eigenvalue weighted by Gasteiger charge is 2.37. The van der Waals surface area contributed by atoms with Crippen molar-refractivity contribution in [2.75, 3.05) is 25.1 Å². The average molecular weight is 380 g/mol. The van der Waals surface area contributed by atoms with E-state index in [0.717, 1.165) is 5.56 Å². The SMILES string of the molecule is CCN(Cc1ccccc1)C(=O)C1CC(=O)N(c2ccc(C(=O)OC)cc2)C1. The minimum Gasteiger partial charge on any atom is -0.465 e. The van der Waals surface area contributed by atoms with Crippen molar-refractivity contribution < 1.29 is 19.1 Å². The fourth-order valence-electron chi connectivity index (χ4n) is 3.43. The van der Waals surface area contributed by atoms with E-state index in [0.29, 0.717) is 30.9 Å². The van der Waals surface area contributed by atoms with E-state index < -0.39 is 5.97 Å². The Hall–Kier alpha value is -3.15. The van der Waals surface area contributed by atoms with E-state index in [2.05, 4.69) is 4.74 Å². The average Bonchev–Trinajstić information content (AvgIpc) is 3.13. The molecule has 1 heterocycles. The maximum absolute atomic E-state index is 13.0. The van der Waals surface area contributed by atoms with Gasteiger partial charge in [-0.3, -0.25) is 9.59 Å². The second-order valence-corrected chi connectivity index (χ2v) is 6.78. The molecule has 1 aliphatic heterocycles. The predicted octanol–water partition coefficient (Wildman–Crippen LogP) is 2.87. The van der Waals surface area contributed by atoms with Gasteiger partial charge >= 0.3 is 5.97 Å². The second-order valence-electron chi connectivity index (χ2n) is 6.78. The van der Waals surface area contributed by atoms with Crippen LogP contribution in [0.2, 0.25) is 0 Å². The summed E-state index contributed by atoms with van der Waals surface area (Å²) in [5.74, 6) is -0.878. The molecule has 6 nitrogen and oxygen atoms in total. The van der Waals surface area contributed by atoms with Gasteiger partial charge in [0.1, 0.15) is 0 Å². The fourth-order valence-corrected chi connectivity index (χ4v) is 3.43. The number of amides is 2. The third-order valence-corrected chi connectivity index (χ3v) is 4.98. The number of rotatable bonds is 6. The molecular weight excluding hydrogens is 356 g/mol. The molecular formula is C22H24N2O4. The standard InChI is InChI=1S/C22H24N2O4/c1-3-23(14-16-7-5-4-6-8-16)21(26)18-13-20(25)24(15-18)19-11-9-17(10-12-19)22(27)28-2/h4-12,18H,3,13-15H2,1-2H3. The molecule has 2 amide bonds. The Morgan fingerprint density at radius 3 is 2.39 bits per heavy atom. The van der Waals surface area contributed by atoms with Crippen molar-refractivity contribution in [3.05, 3.63) is 65.7 Å². The lowest BCUT2D eigenvalue weighted by molar-refractivity contribution is -0.136. The predicted molar refractivity (Wildman–Crippen MR) is 106 cm³/mol. The molecule has 146 valence electrons. The molecule has 1 saturated heterocycles. The topological polar surface area (TPSA) is 66.9 Å². The Kier molecular flexibility index (Phi) is 6.09. The number of benzene rings is 2. The number of methoxy groups -OCH3 is 1. The van der Waals surface area contributed by atoms with Crippen LogP contribution in [0.3, 0.4) is 0 Å². The molecule has 0 aromatic heterocycles. The highest BCUT2D eigenvalue weighted by Crippen LogP contribution is 2.27. The normalized spacial score (nSPS) is 16.1. The molecule has 6 heteroatoms. The van der Waals surface area contributed by atoms with Gasteiger partial charge in [-0.1, -0.05) is 30.3 Å². The van der Waals surface area contributed by atoms with Gasteiger partial charge in [0, 0.05) is 31.7 Å². The van der Waals surface area contributed by atoms with Crippen molar-refractivity contribution in [3.63, 3.8) is 0 Å². The van der Waals surface area contributed by atoms with Gasteiger partial charge in [-0.15, -0.1) is 0 Å². The molecule has 0 spiro atoms. The largest absolute Gasteiger partial charge is 0.465 e. The number of carbonyl (C=O) groups is 3. The first-order valence-electron chi connectivity index (χ1n) is 9.35. The molecule has 0 aliphatic carbocycles. The number of hydrogen-bond acceptors (Lipinski definition) is 4. The molecule has 0 N–H and O–H groups in total. The van der Waals surface area contributed by atoms with E-state index in [1.165, 1.54) is 7.11 Å². The lowest BCUT2D eigenvalue weighted by atomic mass is 10.1. The maximum atomic E-state index is 13.0. The van der Waals surface area contributed by atoms with Crippen LogP contribution in [0.4, 0.5) is 5.69 Å². The van der Waals surface area contributed by atoms with Crippen LogP contribution in [-0.2, 0) is 20.9 Å². The molecule has 1 unspecified atom stereocenters. The highest BCUT2D eigenvalue weighted by molar-refractivity contribution is 6.00. The van der Waals surface area contributed by atoms with Crippen molar-refractivity contribution in [2.24, 2.45) is 5.92 Å². The van der Waals surface area contributed by atoms with Gasteiger partial charge < -0.3 is 14.5 Å². The maximum Gasteiger partial charge on any atom is 0.337 e. The number of carbonyl (C=O) groups excluding carboxylic acids is 3. The van der Waals surface area contributed by atoms with Gasteiger partial charge in [0.25, 0.3) is 0 Å². The quantitative estimate of drug-likeness (QED) is 0.723. The van der Waals surface area contributed by atoms with Crippen molar-refractivity contribution >= 4 is 23.5 Å². The Balaban J connectivity index is 1.69. The number of esters is 1. The van der Waals surface area contributed by atoms with E-state index in [4.69, 9.17) is 0 Å².